The van der Waals surface area contributed by atoms with Crippen LogP contribution in [0.1, 0.15) is 21.5 Å². The minimum absolute atomic E-state index is 0.209. The Labute approximate surface area is 209 Å². The first-order valence-corrected chi connectivity index (χ1v) is 11.0. The second-order valence-corrected chi connectivity index (χ2v) is 8.19. The summed E-state index contributed by atoms with van der Waals surface area (Å²) in [5.41, 5.74) is 3.91. The first-order valence-electron chi connectivity index (χ1n) is 9.83. The van der Waals surface area contributed by atoms with E-state index in [1.807, 2.05) is 0 Å². The van der Waals surface area contributed by atoms with E-state index in [0.717, 1.165) is 0 Å². The number of hydrazone groups is 1. The number of carbonyl (C=O) groups is 3. The molecule has 2 amide bonds. The lowest BCUT2D eigenvalue weighted by Crippen LogP contribution is -2.32. The van der Waals surface area contributed by atoms with E-state index >= 15 is 0 Å². The number of anilines is 1. The molecule has 0 saturated heterocycles. The van der Waals surface area contributed by atoms with Crippen molar-refractivity contribution in [3.8, 4) is 11.5 Å². The van der Waals surface area contributed by atoms with E-state index in [4.69, 9.17) is 21.1 Å². The Morgan fingerprint density at radius 1 is 1.03 bits per heavy atom. The molecule has 0 bridgehead atoms. The zero-order chi connectivity index (χ0) is 24.7. The van der Waals surface area contributed by atoms with Crippen molar-refractivity contribution in [1.82, 2.24) is 5.43 Å². The van der Waals surface area contributed by atoms with Crippen LogP contribution in [-0.4, -0.2) is 31.1 Å². The standard InChI is InChI=1S/C24H19BrClN3O5/c1-14-19(26)4-3-5-20(14)28-22(30)23(31)29-27-13-16-12-17(25)8-11-21(16)34-24(32)15-6-9-18(33-2)10-7-15/h3-13H,1-2H3,(H,28,30)(H,29,31)/b27-13-. The van der Waals surface area contributed by atoms with Gasteiger partial charge in [0.15, 0.2) is 0 Å². The predicted octanol–water partition coefficient (Wildman–Crippen LogP) is 4.73. The summed E-state index contributed by atoms with van der Waals surface area (Å²) in [7, 11) is 1.53. The first kappa shape index (κ1) is 24.9. The van der Waals surface area contributed by atoms with E-state index in [9.17, 15) is 14.4 Å². The third-order valence-electron chi connectivity index (χ3n) is 4.59. The lowest BCUT2D eigenvalue weighted by Gasteiger charge is -2.09. The average molecular weight is 545 g/mol. The van der Waals surface area contributed by atoms with Crippen LogP contribution in [0.15, 0.2) is 70.2 Å². The van der Waals surface area contributed by atoms with E-state index in [1.165, 1.54) is 13.3 Å². The first-order chi connectivity index (χ1) is 16.3. The number of ether oxygens (including phenoxy) is 2. The summed E-state index contributed by atoms with van der Waals surface area (Å²) in [6, 6.07) is 16.3. The van der Waals surface area contributed by atoms with E-state index in [1.54, 1.807) is 67.6 Å². The van der Waals surface area contributed by atoms with Crippen molar-refractivity contribution in [2.45, 2.75) is 6.92 Å². The fraction of sp³-hybridized carbons (Fsp3) is 0.0833. The molecule has 10 heteroatoms. The fourth-order valence-electron chi connectivity index (χ4n) is 2.73. The third-order valence-corrected chi connectivity index (χ3v) is 5.49. The van der Waals surface area contributed by atoms with Crippen LogP contribution in [0.4, 0.5) is 5.69 Å². The van der Waals surface area contributed by atoms with Crippen molar-refractivity contribution in [2.24, 2.45) is 5.10 Å². The fourth-order valence-corrected chi connectivity index (χ4v) is 3.29. The molecule has 0 aliphatic rings. The van der Waals surface area contributed by atoms with Gasteiger partial charge in [-0.25, -0.2) is 10.2 Å². The number of esters is 1. The SMILES string of the molecule is COc1ccc(C(=O)Oc2ccc(Br)cc2/C=N\NC(=O)C(=O)Nc2cccc(Cl)c2C)cc1. The number of nitrogens with zero attached hydrogens (tertiary/aromatic N) is 1. The summed E-state index contributed by atoms with van der Waals surface area (Å²) in [6.45, 7) is 1.72. The van der Waals surface area contributed by atoms with Gasteiger partial charge in [0.05, 0.1) is 18.9 Å². The third kappa shape index (κ3) is 6.43. The molecule has 3 rings (SSSR count). The Morgan fingerprint density at radius 2 is 1.76 bits per heavy atom. The molecule has 0 atom stereocenters. The number of benzene rings is 3. The molecular formula is C24H19BrClN3O5. The summed E-state index contributed by atoms with van der Waals surface area (Å²) in [5, 5.41) is 6.75. The highest BCUT2D eigenvalue weighted by Gasteiger charge is 2.15. The van der Waals surface area contributed by atoms with Crippen LogP contribution < -0.4 is 20.2 Å². The Kier molecular flexibility index (Phi) is 8.39. The molecule has 0 saturated carbocycles. The highest BCUT2D eigenvalue weighted by Crippen LogP contribution is 2.24. The molecule has 0 unspecified atom stereocenters. The van der Waals surface area contributed by atoms with Crippen LogP contribution >= 0.6 is 27.5 Å². The lowest BCUT2D eigenvalue weighted by molar-refractivity contribution is -0.136. The molecule has 0 aliphatic heterocycles. The number of hydrogen-bond donors (Lipinski definition) is 2. The second-order valence-electron chi connectivity index (χ2n) is 6.87. The summed E-state index contributed by atoms with van der Waals surface area (Å²) in [5.74, 6) is -1.66. The van der Waals surface area contributed by atoms with Crippen LogP contribution in [0.25, 0.3) is 0 Å². The van der Waals surface area contributed by atoms with Gasteiger partial charge < -0.3 is 14.8 Å². The minimum atomic E-state index is -0.984. The lowest BCUT2D eigenvalue weighted by atomic mass is 10.2. The average Bonchev–Trinajstić information content (AvgIpc) is 2.83. The normalized spacial score (nSPS) is 10.6. The minimum Gasteiger partial charge on any atom is -0.497 e. The number of rotatable bonds is 6. The van der Waals surface area contributed by atoms with Gasteiger partial charge >= 0.3 is 17.8 Å². The number of nitrogens with one attached hydrogen (secondary N) is 2. The van der Waals surface area contributed by atoms with Gasteiger partial charge in [0.25, 0.3) is 0 Å². The molecule has 0 heterocycles. The maximum atomic E-state index is 12.5. The van der Waals surface area contributed by atoms with Crippen molar-refractivity contribution in [3.05, 3.63) is 86.8 Å². The summed E-state index contributed by atoms with van der Waals surface area (Å²) in [6.07, 6.45) is 1.26. The molecule has 0 aliphatic carbocycles. The Hall–Kier alpha value is -3.69. The zero-order valence-corrected chi connectivity index (χ0v) is 20.4. The highest BCUT2D eigenvalue weighted by molar-refractivity contribution is 9.10. The van der Waals surface area contributed by atoms with Gasteiger partial charge in [-0.2, -0.15) is 5.10 Å². The number of hydrogen-bond acceptors (Lipinski definition) is 6. The zero-order valence-electron chi connectivity index (χ0n) is 18.1. The van der Waals surface area contributed by atoms with Crippen molar-refractivity contribution in [3.63, 3.8) is 0 Å². The molecule has 3 aromatic carbocycles. The molecule has 0 aromatic heterocycles. The summed E-state index contributed by atoms with van der Waals surface area (Å²) in [4.78, 5) is 36.8. The van der Waals surface area contributed by atoms with Crippen LogP contribution in [0.3, 0.4) is 0 Å². The second kappa shape index (κ2) is 11.4. The van der Waals surface area contributed by atoms with E-state index < -0.39 is 17.8 Å². The molecule has 0 radical (unpaired) electrons. The van der Waals surface area contributed by atoms with Gasteiger partial charge in [0.2, 0.25) is 0 Å². The van der Waals surface area contributed by atoms with Gasteiger partial charge in [-0.15, -0.1) is 0 Å². The molecule has 8 nitrogen and oxygen atoms in total. The van der Waals surface area contributed by atoms with Gasteiger partial charge in [0, 0.05) is 20.7 Å². The van der Waals surface area contributed by atoms with Gasteiger partial charge in [-0.3, -0.25) is 9.59 Å². The van der Waals surface area contributed by atoms with Crippen LogP contribution in [0.5, 0.6) is 11.5 Å². The maximum absolute atomic E-state index is 12.5. The van der Waals surface area contributed by atoms with Crippen molar-refractivity contribution >= 4 is 57.2 Å². The Bertz CT molecular complexity index is 1260. The molecule has 3 aromatic rings. The van der Waals surface area contributed by atoms with Crippen molar-refractivity contribution < 1.29 is 23.9 Å². The van der Waals surface area contributed by atoms with Crippen LogP contribution in [0, 0.1) is 6.92 Å². The highest BCUT2D eigenvalue weighted by atomic mass is 79.9. The monoisotopic (exact) mass is 543 g/mol. The summed E-state index contributed by atoms with van der Waals surface area (Å²) < 4.78 is 11.2. The topological polar surface area (TPSA) is 106 Å². The van der Waals surface area contributed by atoms with Crippen molar-refractivity contribution in [2.75, 3.05) is 12.4 Å². The molecular weight excluding hydrogens is 526 g/mol. The molecule has 0 fully saturated rings. The predicted molar refractivity (Wildman–Crippen MR) is 133 cm³/mol. The van der Waals surface area contributed by atoms with E-state index in [-0.39, 0.29) is 5.75 Å². The quantitative estimate of drug-likeness (QED) is 0.153. The van der Waals surface area contributed by atoms with Crippen LogP contribution in [-0.2, 0) is 9.59 Å². The number of halogens is 2. The largest absolute Gasteiger partial charge is 0.497 e. The van der Waals surface area contributed by atoms with Crippen molar-refractivity contribution in [1.29, 1.82) is 0 Å². The van der Waals surface area contributed by atoms with E-state index in [2.05, 4.69) is 31.8 Å². The number of carbonyl (C=O) groups excluding carboxylic acids is 3. The Morgan fingerprint density at radius 3 is 2.47 bits per heavy atom. The van der Waals surface area contributed by atoms with Gasteiger partial charge in [-0.05, 0) is 67.1 Å². The molecule has 34 heavy (non-hydrogen) atoms. The summed E-state index contributed by atoms with van der Waals surface area (Å²) >= 11 is 9.36. The van der Waals surface area contributed by atoms with Gasteiger partial charge in [0.1, 0.15) is 11.5 Å². The smallest absolute Gasteiger partial charge is 0.343 e. The van der Waals surface area contributed by atoms with Crippen LogP contribution in [0.2, 0.25) is 5.02 Å². The number of amides is 2. The molecule has 174 valence electrons. The van der Waals surface area contributed by atoms with Gasteiger partial charge in [-0.1, -0.05) is 33.6 Å². The van der Waals surface area contributed by atoms with E-state index in [0.29, 0.717) is 37.6 Å². The molecule has 2 N–H and O–H groups in total. The Balaban J connectivity index is 1.67. The molecule has 0 spiro atoms. The number of methoxy groups -OCH3 is 1. The maximum Gasteiger partial charge on any atom is 0.343 e.